The molecule has 0 saturated carbocycles. The molecule has 1 aromatic carbocycles. The van der Waals surface area contributed by atoms with Crippen LogP contribution in [0, 0.1) is 10.6 Å². The molecule has 1 saturated heterocycles. The SMILES string of the molecule is CC1(Cn2c(=S)[nH]c3cc(F)ccc32)CCCS1. The first kappa shape index (κ1) is 12.2. The van der Waals surface area contributed by atoms with Crippen molar-refractivity contribution in [3.8, 4) is 0 Å². The average molecular weight is 282 g/mol. The van der Waals surface area contributed by atoms with E-state index in [0.29, 0.717) is 4.77 Å². The van der Waals surface area contributed by atoms with Gasteiger partial charge < -0.3 is 9.55 Å². The van der Waals surface area contributed by atoms with E-state index in [2.05, 4.69) is 16.5 Å². The normalized spacial score (nSPS) is 23.9. The van der Waals surface area contributed by atoms with Crippen LogP contribution in [0.2, 0.25) is 0 Å². The van der Waals surface area contributed by atoms with Gasteiger partial charge in [-0.15, -0.1) is 0 Å². The summed E-state index contributed by atoms with van der Waals surface area (Å²) in [5.74, 6) is 0.994. The number of hydrogen-bond acceptors (Lipinski definition) is 2. The van der Waals surface area contributed by atoms with Crippen molar-refractivity contribution in [2.45, 2.75) is 31.1 Å². The van der Waals surface area contributed by atoms with Crippen molar-refractivity contribution in [3.05, 3.63) is 28.8 Å². The average Bonchev–Trinajstić information content (AvgIpc) is 2.85. The van der Waals surface area contributed by atoms with Crippen LogP contribution in [0.4, 0.5) is 4.39 Å². The van der Waals surface area contributed by atoms with Gasteiger partial charge >= 0.3 is 0 Å². The predicted octanol–water partition coefficient (Wildman–Crippen LogP) is 4.12. The van der Waals surface area contributed by atoms with Crippen molar-refractivity contribution < 1.29 is 4.39 Å². The zero-order valence-corrected chi connectivity index (χ0v) is 11.8. The molecule has 1 atom stereocenters. The highest BCUT2D eigenvalue weighted by atomic mass is 32.2. The maximum absolute atomic E-state index is 13.2. The van der Waals surface area contributed by atoms with Crippen LogP contribution in [-0.2, 0) is 6.54 Å². The summed E-state index contributed by atoms with van der Waals surface area (Å²) >= 11 is 7.36. The second-order valence-corrected chi connectivity index (χ2v) is 7.15. The van der Waals surface area contributed by atoms with Crippen LogP contribution in [0.3, 0.4) is 0 Å². The van der Waals surface area contributed by atoms with Crippen molar-refractivity contribution in [2.75, 3.05) is 5.75 Å². The van der Waals surface area contributed by atoms with E-state index in [-0.39, 0.29) is 10.6 Å². The number of hydrogen-bond donors (Lipinski definition) is 1. The van der Waals surface area contributed by atoms with Crippen molar-refractivity contribution >= 4 is 35.0 Å². The highest BCUT2D eigenvalue weighted by Crippen LogP contribution is 2.39. The predicted molar refractivity (Wildman–Crippen MR) is 77.2 cm³/mol. The Kier molecular flexibility index (Phi) is 2.98. The van der Waals surface area contributed by atoms with E-state index in [4.69, 9.17) is 12.2 Å². The van der Waals surface area contributed by atoms with Gasteiger partial charge in [0.1, 0.15) is 5.82 Å². The fraction of sp³-hybridized carbons (Fsp3) is 0.462. The Balaban J connectivity index is 2.06. The smallest absolute Gasteiger partial charge is 0.178 e. The lowest BCUT2D eigenvalue weighted by Gasteiger charge is -2.23. The number of nitrogens with one attached hydrogen (secondary N) is 1. The Morgan fingerprint density at radius 1 is 1.56 bits per heavy atom. The van der Waals surface area contributed by atoms with Gasteiger partial charge in [-0.3, -0.25) is 0 Å². The minimum Gasteiger partial charge on any atom is -0.330 e. The molecule has 2 heterocycles. The molecule has 1 N–H and O–H groups in total. The second kappa shape index (κ2) is 4.38. The molecule has 0 amide bonds. The first-order valence-corrected chi connectivity index (χ1v) is 7.49. The molecule has 0 aliphatic carbocycles. The fourth-order valence-corrected chi connectivity index (χ4v) is 4.15. The van der Waals surface area contributed by atoms with Crippen molar-refractivity contribution in [3.63, 3.8) is 0 Å². The molecule has 1 aliphatic rings. The van der Waals surface area contributed by atoms with E-state index in [0.717, 1.165) is 17.6 Å². The molecule has 5 heteroatoms. The lowest BCUT2D eigenvalue weighted by molar-refractivity contribution is 0.515. The summed E-state index contributed by atoms with van der Waals surface area (Å²) in [6.45, 7) is 3.18. The number of nitrogens with zero attached hydrogens (tertiary/aromatic N) is 1. The maximum atomic E-state index is 13.2. The summed E-state index contributed by atoms with van der Waals surface area (Å²) in [6, 6.07) is 4.80. The number of aromatic amines is 1. The van der Waals surface area contributed by atoms with E-state index in [9.17, 15) is 4.39 Å². The summed E-state index contributed by atoms with van der Waals surface area (Å²) in [7, 11) is 0. The molecule has 0 spiro atoms. The Hall–Kier alpha value is -0.810. The minimum absolute atomic E-state index is 0.229. The molecule has 0 bridgehead atoms. The summed E-state index contributed by atoms with van der Waals surface area (Å²) in [5.41, 5.74) is 1.78. The molecule has 96 valence electrons. The Labute approximate surface area is 115 Å². The Morgan fingerprint density at radius 3 is 3.11 bits per heavy atom. The van der Waals surface area contributed by atoms with E-state index < -0.39 is 0 Å². The molecule has 1 fully saturated rings. The number of thioether (sulfide) groups is 1. The third kappa shape index (κ3) is 2.10. The van der Waals surface area contributed by atoms with Gasteiger partial charge in [0.15, 0.2) is 4.77 Å². The van der Waals surface area contributed by atoms with Gasteiger partial charge in [0.25, 0.3) is 0 Å². The molecule has 18 heavy (non-hydrogen) atoms. The van der Waals surface area contributed by atoms with Gasteiger partial charge in [0, 0.05) is 11.3 Å². The third-order valence-corrected chi connectivity index (χ3v) is 5.37. The molecule has 1 aromatic heterocycles. The molecule has 2 nitrogen and oxygen atoms in total. The summed E-state index contributed by atoms with van der Waals surface area (Å²) < 4.78 is 16.2. The number of imidazole rings is 1. The zero-order chi connectivity index (χ0) is 12.8. The van der Waals surface area contributed by atoms with Gasteiger partial charge in [-0.2, -0.15) is 11.8 Å². The monoisotopic (exact) mass is 282 g/mol. The number of halogens is 1. The molecule has 1 unspecified atom stereocenters. The Morgan fingerprint density at radius 2 is 2.39 bits per heavy atom. The van der Waals surface area contributed by atoms with Crippen LogP contribution >= 0.6 is 24.0 Å². The van der Waals surface area contributed by atoms with Crippen molar-refractivity contribution in [2.24, 2.45) is 0 Å². The molecule has 2 aromatic rings. The minimum atomic E-state index is -0.229. The highest BCUT2D eigenvalue weighted by Gasteiger charge is 2.30. The summed E-state index contributed by atoms with van der Waals surface area (Å²) in [5, 5.41) is 0. The van der Waals surface area contributed by atoms with E-state index in [1.54, 1.807) is 6.07 Å². The molecular formula is C13H15FN2S2. The Bertz CT molecular complexity index is 638. The topological polar surface area (TPSA) is 20.7 Å². The molecular weight excluding hydrogens is 267 g/mol. The number of benzene rings is 1. The number of rotatable bonds is 2. The van der Waals surface area contributed by atoms with Crippen molar-refractivity contribution in [1.82, 2.24) is 9.55 Å². The summed E-state index contributed by atoms with van der Waals surface area (Å²) in [4.78, 5) is 3.09. The lowest BCUT2D eigenvalue weighted by Crippen LogP contribution is -2.23. The van der Waals surface area contributed by atoms with Gasteiger partial charge in [-0.05, 0) is 55.9 Å². The summed E-state index contributed by atoms with van der Waals surface area (Å²) in [6.07, 6.45) is 2.48. The van der Waals surface area contributed by atoms with Gasteiger partial charge in [-0.25, -0.2) is 4.39 Å². The van der Waals surface area contributed by atoms with E-state index in [1.807, 2.05) is 11.8 Å². The first-order valence-electron chi connectivity index (χ1n) is 6.09. The molecule has 3 rings (SSSR count). The third-order valence-electron chi connectivity index (χ3n) is 3.53. The van der Waals surface area contributed by atoms with Crippen LogP contribution in [-0.4, -0.2) is 20.1 Å². The fourth-order valence-electron chi connectivity index (χ4n) is 2.59. The number of aromatic nitrogens is 2. The highest BCUT2D eigenvalue weighted by molar-refractivity contribution is 8.00. The van der Waals surface area contributed by atoms with Gasteiger partial charge in [0.2, 0.25) is 0 Å². The van der Waals surface area contributed by atoms with Crippen LogP contribution in [0.25, 0.3) is 11.0 Å². The molecule has 0 radical (unpaired) electrons. The van der Waals surface area contributed by atoms with Crippen LogP contribution in [0.5, 0.6) is 0 Å². The van der Waals surface area contributed by atoms with Gasteiger partial charge in [-0.1, -0.05) is 0 Å². The van der Waals surface area contributed by atoms with Crippen LogP contribution < -0.4 is 0 Å². The van der Waals surface area contributed by atoms with E-state index in [1.165, 1.54) is 30.7 Å². The number of H-pyrrole nitrogens is 1. The first-order chi connectivity index (χ1) is 8.57. The van der Waals surface area contributed by atoms with Gasteiger partial charge in [0.05, 0.1) is 11.0 Å². The maximum Gasteiger partial charge on any atom is 0.178 e. The standard InChI is InChI=1S/C13H15FN2S2/c1-13(5-2-6-18-13)8-16-11-4-3-9(14)7-10(11)15-12(16)17/h3-4,7H,2,5-6,8H2,1H3,(H,15,17). The van der Waals surface area contributed by atoms with E-state index >= 15 is 0 Å². The van der Waals surface area contributed by atoms with Crippen LogP contribution in [0.1, 0.15) is 19.8 Å². The lowest BCUT2D eigenvalue weighted by atomic mass is 10.1. The zero-order valence-electron chi connectivity index (χ0n) is 10.2. The second-order valence-electron chi connectivity index (χ2n) is 5.08. The number of fused-ring (bicyclic) bond motifs is 1. The quantitative estimate of drug-likeness (QED) is 0.836. The van der Waals surface area contributed by atoms with Crippen molar-refractivity contribution in [1.29, 1.82) is 0 Å². The largest absolute Gasteiger partial charge is 0.330 e. The molecule has 1 aliphatic heterocycles. The van der Waals surface area contributed by atoms with Crippen LogP contribution in [0.15, 0.2) is 18.2 Å².